The van der Waals surface area contributed by atoms with Crippen LogP contribution in [-0.2, 0) is 0 Å². The minimum atomic E-state index is 0.795. The summed E-state index contributed by atoms with van der Waals surface area (Å²) in [5.74, 6) is 0. The van der Waals surface area contributed by atoms with E-state index in [1.165, 1.54) is 207 Å². The highest BCUT2D eigenvalue weighted by Crippen LogP contribution is 2.38. The molecule has 0 aromatic carbocycles. The largest absolute Gasteiger partial charge is 0.0654 e. The van der Waals surface area contributed by atoms with Crippen molar-refractivity contribution in [2.75, 3.05) is 12.3 Å². The smallest absolute Gasteiger partial charge is 0.0569 e. The molecule has 2 unspecified atom stereocenters. The normalized spacial score (nSPS) is 12.2. The molecule has 2 atom stereocenters. The second kappa shape index (κ2) is 37.9. The van der Waals surface area contributed by atoms with Gasteiger partial charge >= 0.3 is 0 Å². The van der Waals surface area contributed by atoms with Crippen molar-refractivity contribution in [2.45, 2.75) is 219 Å². The van der Waals surface area contributed by atoms with Crippen molar-refractivity contribution in [1.82, 2.24) is 0 Å². The lowest BCUT2D eigenvalue weighted by molar-refractivity contribution is 0.531. The first-order valence-corrected chi connectivity index (χ1v) is 22.3. The molecule has 2 heteroatoms. The van der Waals surface area contributed by atoms with Gasteiger partial charge in [-0.2, -0.15) is 0 Å². The molecule has 38 heavy (non-hydrogen) atoms. The van der Waals surface area contributed by atoms with Crippen molar-refractivity contribution >= 4 is 16.5 Å². The molecule has 0 saturated carbocycles. The Morgan fingerprint density at radius 3 is 0.816 bits per heavy atom. The molecule has 0 radical (unpaired) electrons. The van der Waals surface area contributed by atoms with Gasteiger partial charge in [0.2, 0.25) is 0 Å². The first-order valence-electron chi connectivity index (χ1n) is 18.5. The molecule has 0 aliphatic carbocycles. The standard InChI is InChI=1S/C36H76P2/c1-3-5-7-9-11-13-15-17-19-21-23-25-27-29-31-33-35-37-38-36-34-32-30-28-26-24-22-20-18-16-14-12-10-8-6-4-2/h37-38H,3-36H2,1-2H3/p+1. The minimum absolute atomic E-state index is 0.795. The van der Waals surface area contributed by atoms with Crippen molar-refractivity contribution < 1.29 is 0 Å². The van der Waals surface area contributed by atoms with Gasteiger partial charge in [0.05, 0.1) is 6.16 Å². The molecule has 0 aromatic rings. The molecule has 0 amide bonds. The lowest BCUT2D eigenvalue weighted by Gasteiger charge is -2.03. The average molecular weight is 572 g/mol. The fourth-order valence-electron chi connectivity index (χ4n) is 5.77. The summed E-state index contributed by atoms with van der Waals surface area (Å²) in [5.41, 5.74) is 0. The van der Waals surface area contributed by atoms with E-state index in [1.54, 1.807) is 18.7 Å². The summed E-state index contributed by atoms with van der Waals surface area (Å²) in [6.45, 7) is 4.62. The molecule has 0 N–H and O–H groups in total. The Morgan fingerprint density at radius 1 is 0.289 bits per heavy atom. The highest BCUT2D eigenvalue weighted by atomic mass is 32.0. The molecule has 0 aromatic heterocycles. The van der Waals surface area contributed by atoms with Crippen molar-refractivity contribution in [3.63, 3.8) is 0 Å². The highest BCUT2D eigenvalue weighted by molar-refractivity contribution is 8.11. The van der Waals surface area contributed by atoms with Gasteiger partial charge in [-0.15, -0.1) is 0 Å². The van der Waals surface area contributed by atoms with Crippen LogP contribution in [0.25, 0.3) is 0 Å². The Bertz CT molecular complexity index is 348. The molecule has 0 nitrogen and oxygen atoms in total. The van der Waals surface area contributed by atoms with Crippen LogP contribution in [0.3, 0.4) is 0 Å². The maximum absolute atomic E-state index is 2.31. The van der Waals surface area contributed by atoms with Gasteiger partial charge in [-0.05, 0) is 25.4 Å². The van der Waals surface area contributed by atoms with Crippen LogP contribution in [0, 0.1) is 0 Å². The number of hydrogen-bond donors (Lipinski definition) is 0. The fraction of sp³-hybridized carbons (Fsp3) is 1.00. The number of unbranched alkanes of at least 4 members (excludes halogenated alkanes) is 30. The van der Waals surface area contributed by atoms with Gasteiger partial charge in [-0.25, -0.2) is 0 Å². The Kier molecular flexibility index (Phi) is 38.7. The van der Waals surface area contributed by atoms with Crippen LogP contribution in [0.4, 0.5) is 0 Å². The monoisotopic (exact) mass is 572 g/mol. The van der Waals surface area contributed by atoms with Gasteiger partial charge < -0.3 is 0 Å². The molecule has 0 aliphatic rings. The summed E-state index contributed by atoms with van der Waals surface area (Å²) in [6, 6.07) is 0. The molecule has 0 fully saturated rings. The average Bonchev–Trinajstić information content (AvgIpc) is 2.93. The van der Waals surface area contributed by atoms with E-state index in [0.717, 1.165) is 8.27 Å². The topological polar surface area (TPSA) is 0 Å². The first kappa shape index (κ1) is 38.9. The lowest BCUT2D eigenvalue weighted by atomic mass is 10.0. The van der Waals surface area contributed by atoms with Crippen LogP contribution in [0.2, 0.25) is 0 Å². The van der Waals surface area contributed by atoms with Crippen LogP contribution in [0.1, 0.15) is 219 Å². The quantitative estimate of drug-likeness (QED) is 0.0524. The van der Waals surface area contributed by atoms with Gasteiger partial charge in [0.1, 0.15) is 0 Å². The van der Waals surface area contributed by atoms with Crippen molar-refractivity contribution in [3.8, 4) is 0 Å². The van der Waals surface area contributed by atoms with Gasteiger partial charge in [0, 0.05) is 16.5 Å². The number of rotatable bonds is 35. The molecule has 0 spiro atoms. The predicted molar refractivity (Wildman–Crippen MR) is 187 cm³/mol. The van der Waals surface area contributed by atoms with Crippen molar-refractivity contribution in [3.05, 3.63) is 0 Å². The minimum Gasteiger partial charge on any atom is -0.0654 e. The lowest BCUT2D eigenvalue weighted by Crippen LogP contribution is -1.84. The molecule has 0 heterocycles. The third kappa shape index (κ3) is 36.9. The van der Waals surface area contributed by atoms with E-state index in [2.05, 4.69) is 13.8 Å². The van der Waals surface area contributed by atoms with E-state index in [1.807, 2.05) is 0 Å². The molecule has 0 bridgehead atoms. The van der Waals surface area contributed by atoms with E-state index in [-0.39, 0.29) is 0 Å². The highest BCUT2D eigenvalue weighted by Gasteiger charge is 1.99. The van der Waals surface area contributed by atoms with Crippen LogP contribution in [0.5, 0.6) is 0 Å². The predicted octanol–water partition coefficient (Wildman–Crippen LogP) is 14.5. The van der Waals surface area contributed by atoms with E-state index < -0.39 is 0 Å². The van der Waals surface area contributed by atoms with Gasteiger partial charge in [-0.3, -0.25) is 0 Å². The molecule has 0 rings (SSSR count). The van der Waals surface area contributed by atoms with E-state index in [0.29, 0.717) is 0 Å². The maximum atomic E-state index is 2.31. The Morgan fingerprint density at radius 2 is 0.526 bits per heavy atom. The fourth-order valence-corrected chi connectivity index (χ4v) is 9.58. The molecular formula is C36H77P2+. The summed E-state index contributed by atoms with van der Waals surface area (Å²) in [5, 5.41) is 0. The summed E-state index contributed by atoms with van der Waals surface area (Å²) in [7, 11) is 2.13. The molecule has 0 aliphatic heterocycles. The second-order valence-electron chi connectivity index (χ2n) is 12.6. The zero-order valence-electron chi connectivity index (χ0n) is 27.1. The van der Waals surface area contributed by atoms with Crippen LogP contribution in [0.15, 0.2) is 0 Å². The summed E-state index contributed by atoms with van der Waals surface area (Å²) >= 11 is 0. The summed E-state index contributed by atoms with van der Waals surface area (Å²) in [6.07, 6.45) is 50.8. The summed E-state index contributed by atoms with van der Waals surface area (Å²) < 4.78 is 0. The van der Waals surface area contributed by atoms with Gasteiger partial charge in [0.15, 0.2) is 0 Å². The van der Waals surface area contributed by atoms with Crippen molar-refractivity contribution in [1.29, 1.82) is 0 Å². The zero-order valence-corrected chi connectivity index (χ0v) is 29.3. The Balaban J connectivity index is 3.01. The van der Waals surface area contributed by atoms with Crippen LogP contribution >= 0.6 is 16.5 Å². The molecular weight excluding hydrogens is 494 g/mol. The maximum Gasteiger partial charge on any atom is 0.0569 e. The van der Waals surface area contributed by atoms with E-state index in [4.69, 9.17) is 0 Å². The second-order valence-corrected chi connectivity index (χ2v) is 16.9. The van der Waals surface area contributed by atoms with E-state index in [9.17, 15) is 0 Å². The molecule has 230 valence electrons. The van der Waals surface area contributed by atoms with Gasteiger partial charge in [-0.1, -0.05) is 200 Å². The Hall–Kier alpha value is 0.860. The third-order valence-corrected chi connectivity index (χ3v) is 12.7. The molecule has 0 saturated heterocycles. The third-order valence-electron chi connectivity index (χ3n) is 8.52. The number of hydrogen-bond acceptors (Lipinski definition) is 0. The van der Waals surface area contributed by atoms with Crippen molar-refractivity contribution in [2.24, 2.45) is 0 Å². The van der Waals surface area contributed by atoms with Crippen LogP contribution in [-0.4, -0.2) is 12.3 Å². The zero-order chi connectivity index (χ0) is 27.5. The SMILES string of the molecule is CCCCCCCCCCCCCCCCCCP[PH2+]CCCCCCCCCCCCCCCCCC. The van der Waals surface area contributed by atoms with Gasteiger partial charge in [0.25, 0.3) is 0 Å². The van der Waals surface area contributed by atoms with Crippen LogP contribution < -0.4 is 0 Å². The van der Waals surface area contributed by atoms with E-state index >= 15 is 0 Å². The first-order chi connectivity index (χ1) is 18.9. The Labute approximate surface area is 247 Å². The summed E-state index contributed by atoms with van der Waals surface area (Å²) in [4.78, 5) is 0.